The number of hydrogen-bond donors (Lipinski definition) is 1. The molecule has 7 heteroatoms. The Hall–Kier alpha value is -3.35. The minimum atomic E-state index is -0.669. The van der Waals surface area contributed by atoms with Gasteiger partial charge in [0.1, 0.15) is 0 Å². The van der Waals surface area contributed by atoms with E-state index in [1.165, 1.54) is 0 Å². The highest BCUT2D eigenvalue weighted by Gasteiger charge is 2.35. The highest BCUT2D eigenvalue weighted by atomic mass is 16.6. The average molecular weight is 473 g/mol. The van der Waals surface area contributed by atoms with Gasteiger partial charge >= 0.3 is 5.97 Å². The molecule has 2 aromatic rings. The van der Waals surface area contributed by atoms with Crippen molar-refractivity contribution in [2.24, 2.45) is 0 Å². The highest BCUT2D eigenvalue weighted by Crippen LogP contribution is 2.51. The Morgan fingerprint density at radius 2 is 1.24 bits per heavy atom. The van der Waals surface area contributed by atoms with E-state index in [-0.39, 0.29) is 17.1 Å². The van der Waals surface area contributed by atoms with Gasteiger partial charge in [0.25, 0.3) is 0 Å². The van der Waals surface area contributed by atoms with Gasteiger partial charge in [0.15, 0.2) is 23.0 Å². The Morgan fingerprint density at radius 3 is 1.74 bits per heavy atom. The lowest BCUT2D eigenvalue weighted by Crippen LogP contribution is -2.23. The Labute approximate surface area is 202 Å². The molecule has 0 aliphatic rings. The van der Waals surface area contributed by atoms with Crippen LogP contribution >= 0.6 is 0 Å². The van der Waals surface area contributed by atoms with Gasteiger partial charge in [-0.05, 0) is 46.8 Å². The molecular formula is C27H36O7. The van der Waals surface area contributed by atoms with E-state index in [0.717, 1.165) is 11.1 Å². The second kappa shape index (κ2) is 11.7. The van der Waals surface area contributed by atoms with Gasteiger partial charge < -0.3 is 28.8 Å². The number of carbonyl (C=O) groups is 1. The van der Waals surface area contributed by atoms with E-state index in [0.29, 0.717) is 49.4 Å². The van der Waals surface area contributed by atoms with Crippen LogP contribution in [0.2, 0.25) is 0 Å². The van der Waals surface area contributed by atoms with Crippen LogP contribution < -0.4 is 23.7 Å². The highest BCUT2D eigenvalue weighted by molar-refractivity contribution is 5.89. The van der Waals surface area contributed by atoms with Gasteiger partial charge in [-0.2, -0.15) is 0 Å². The van der Waals surface area contributed by atoms with E-state index in [4.69, 9.17) is 23.7 Å². The lowest BCUT2D eigenvalue weighted by atomic mass is 9.76. The third kappa shape index (κ3) is 5.58. The molecule has 34 heavy (non-hydrogen) atoms. The molecule has 0 fully saturated rings. The summed E-state index contributed by atoms with van der Waals surface area (Å²) in [4.78, 5) is 12.2. The molecular weight excluding hydrogens is 436 g/mol. The molecule has 2 rings (SSSR count). The summed E-state index contributed by atoms with van der Waals surface area (Å²) in [5.41, 5.74) is 1.20. The molecule has 0 atom stereocenters. The SMILES string of the molecule is C=C(C)C(=O)Oc1ccc(C(C)(C)c2ccc(O)c(OCC)c2OCC)c(OCC)c1OCC. The van der Waals surface area contributed by atoms with E-state index >= 15 is 0 Å². The number of phenolic OH excluding ortho intramolecular Hbond substituents is 1. The fourth-order valence-corrected chi connectivity index (χ4v) is 3.63. The predicted octanol–water partition coefficient (Wildman–Crippen LogP) is 5.79. The average Bonchev–Trinajstić information content (AvgIpc) is 2.78. The number of phenols is 1. The number of carbonyl (C=O) groups excluding carboxylic acids is 1. The first-order valence-corrected chi connectivity index (χ1v) is 11.6. The molecule has 0 unspecified atom stereocenters. The molecule has 0 aliphatic carbocycles. The van der Waals surface area contributed by atoms with Gasteiger partial charge in [-0.15, -0.1) is 0 Å². The monoisotopic (exact) mass is 472 g/mol. The van der Waals surface area contributed by atoms with Crippen LogP contribution in [-0.4, -0.2) is 37.5 Å². The Balaban J connectivity index is 2.78. The summed E-state index contributed by atoms with van der Waals surface area (Å²) >= 11 is 0. The number of ether oxygens (including phenoxy) is 5. The molecule has 0 radical (unpaired) electrons. The van der Waals surface area contributed by atoms with Crippen LogP contribution in [-0.2, 0) is 10.2 Å². The minimum Gasteiger partial charge on any atom is -0.504 e. The summed E-state index contributed by atoms with van der Waals surface area (Å²) in [6.45, 7) is 18.2. The lowest BCUT2D eigenvalue weighted by Gasteiger charge is -2.32. The van der Waals surface area contributed by atoms with Crippen LogP contribution in [0.1, 0.15) is 59.6 Å². The van der Waals surface area contributed by atoms with Gasteiger partial charge in [0, 0.05) is 22.1 Å². The predicted molar refractivity (Wildman–Crippen MR) is 132 cm³/mol. The standard InChI is InChI=1S/C27H36O7/c1-9-30-22-18(13-15-20(28)24(22)32-11-3)27(7,8)19-14-16-21(34-26(29)17(5)6)25(33-12-4)23(19)31-10-2/h13-16,28H,5,9-12H2,1-4,6-8H3. The number of esters is 1. The Bertz CT molecular complexity index is 1020. The topological polar surface area (TPSA) is 83.5 Å². The number of aromatic hydroxyl groups is 1. The molecule has 0 aliphatic heterocycles. The maximum Gasteiger partial charge on any atom is 0.338 e. The van der Waals surface area contributed by atoms with Gasteiger partial charge in [-0.1, -0.05) is 32.6 Å². The van der Waals surface area contributed by atoms with Crippen LogP contribution in [0.3, 0.4) is 0 Å². The van der Waals surface area contributed by atoms with Crippen molar-refractivity contribution in [3.63, 3.8) is 0 Å². The second-order valence-electron chi connectivity index (χ2n) is 8.09. The molecule has 0 bridgehead atoms. The summed E-state index contributed by atoms with van der Waals surface area (Å²) in [6.07, 6.45) is 0. The van der Waals surface area contributed by atoms with Crippen molar-refractivity contribution in [1.29, 1.82) is 0 Å². The van der Waals surface area contributed by atoms with Crippen molar-refractivity contribution >= 4 is 5.97 Å². The van der Waals surface area contributed by atoms with Crippen LogP contribution in [0.5, 0.6) is 34.5 Å². The second-order valence-corrected chi connectivity index (χ2v) is 8.09. The molecule has 0 spiro atoms. The fourth-order valence-electron chi connectivity index (χ4n) is 3.63. The molecule has 0 heterocycles. The molecule has 2 aromatic carbocycles. The van der Waals surface area contributed by atoms with Gasteiger partial charge in [0.05, 0.1) is 26.4 Å². The first kappa shape index (κ1) is 26.9. The van der Waals surface area contributed by atoms with Crippen LogP contribution in [0, 0.1) is 0 Å². The van der Waals surface area contributed by atoms with Crippen LogP contribution in [0.15, 0.2) is 36.4 Å². The van der Waals surface area contributed by atoms with Crippen molar-refractivity contribution in [2.45, 2.75) is 53.9 Å². The van der Waals surface area contributed by atoms with E-state index in [9.17, 15) is 9.90 Å². The molecule has 186 valence electrons. The zero-order valence-corrected chi connectivity index (χ0v) is 21.2. The van der Waals surface area contributed by atoms with Crippen LogP contribution in [0.25, 0.3) is 0 Å². The molecule has 0 saturated heterocycles. The maximum atomic E-state index is 12.2. The van der Waals surface area contributed by atoms with Gasteiger partial charge in [0.2, 0.25) is 11.5 Å². The van der Waals surface area contributed by atoms with Crippen molar-refractivity contribution in [2.75, 3.05) is 26.4 Å². The van der Waals surface area contributed by atoms with Crippen LogP contribution in [0.4, 0.5) is 0 Å². The van der Waals surface area contributed by atoms with Crippen molar-refractivity contribution in [3.8, 4) is 34.5 Å². The Morgan fingerprint density at radius 1 is 0.794 bits per heavy atom. The molecule has 0 saturated carbocycles. The van der Waals surface area contributed by atoms with Gasteiger partial charge in [-0.3, -0.25) is 0 Å². The van der Waals surface area contributed by atoms with E-state index in [1.807, 2.05) is 53.7 Å². The third-order valence-corrected chi connectivity index (χ3v) is 5.22. The zero-order chi connectivity index (χ0) is 25.5. The van der Waals surface area contributed by atoms with E-state index in [1.54, 1.807) is 19.1 Å². The lowest BCUT2D eigenvalue weighted by molar-refractivity contribution is -0.130. The normalized spacial score (nSPS) is 11.0. The maximum absolute atomic E-state index is 12.2. The molecule has 0 aromatic heterocycles. The first-order chi connectivity index (χ1) is 16.1. The smallest absolute Gasteiger partial charge is 0.338 e. The minimum absolute atomic E-state index is 0.00643. The Kier molecular flexibility index (Phi) is 9.24. The van der Waals surface area contributed by atoms with Gasteiger partial charge in [-0.25, -0.2) is 4.79 Å². The summed E-state index contributed by atoms with van der Waals surface area (Å²) in [5.74, 6) is 1.28. The zero-order valence-electron chi connectivity index (χ0n) is 21.2. The van der Waals surface area contributed by atoms with Crippen molar-refractivity contribution in [1.82, 2.24) is 0 Å². The van der Waals surface area contributed by atoms with Crippen molar-refractivity contribution in [3.05, 3.63) is 47.5 Å². The summed E-state index contributed by atoms with van der Waals surface area (Å²) in [6, 6.07) is 6.94. The summed E-state index contributed by atoms with van der Waals surface area (Å²) in [5, 5.41) is 10.4. The summed E-state index contributed by atoms with van der Waals surface area (Å²) in [7, 11) is 0. The van der Waals surface area contributed by atoms with E-state index < -0.39 is 11.4 Å². The van der Waals surface area contributed by atoms with E-state index in [2.05, 4.69) is 6.58 Å². The fraction of sp³-hybridized carbons (Fsp3) is 0.444. The molecule has 0 amide bonds. The molecule has 1 N–H and O–H groups in total. The number of benzene rings is 2. The summed E-state index contributed by atoms with van der Waals surface area (Å²) < 4.78 is 29.2. The van der Waals surface area contributed by atoms with Crippen molar-refractivity contribution < 1.29 is 33.6 Å². The number of rotatable bonds is 12. The number of hydrogen-bond acceptors (Lipinski definition) is 7. The molecule has 7 nitrogen and oxygen atoms in total. The third-order valence-electron chi connectivity index (χ3n) is 5.22. The first-order valence-electron chi connectivity index (χ1n) is 11.6. The quantitative estimate of drug-likeness (QED) is 0.238. The largest absolute Gasteiger partial charge is 0.504 e.